The molecule has 0 radical (unpaired) electrons. The van der Waals surface area contributed by atoms with Crippen LogP contribution in [0.3, 0.4) is 0 Å². The maximum atomic E-state index is 12.7. The Morgan fingerprint density at radius 2 is 2.06 bits per heavy atom. The third kappa shape index (κ3) is 2.66. The number of hydrogen-bond acceptors (Lipinski definition) is 2. The molecular formula is C11H8FIN2O. The molecule has 0 amide bonds. The third-order valence-corrected chi connectivity index (χ3v) is 2.63. The average molecular weight is 330 g/mol. The second kappa shape index (κ2) is 4.73. The fourth-order valence-electron chi connectivity index (χ4n) is 1.30. The van der Waals surface area contributed by atoms with E-state index in [-0.39, 0.29) is 18.1 Å². The van der Waals surface area contributed by atoms with Gasteiger partial charge in [0.1, 0.15) is 12.4 Å². The lowest BCUT2D eigenvalue weighted by Gasteiger charge is -2.01. The Morgan fingerprint density at radius 3 is 2.62 bits per heavy atom. The summed E-state index contributed by atoms with van der Waals surface area (Å²) in [6, 6.07) is 5.51. The van der Waals surface area contributed by atoms with E-state index in [1.54, 1.807) is 17.1 Å². The highest BCUT2D eigenvalue weighted by atomic mass is 127. The van der Waals surface area contributed by atoms with Crippen molar-refractivity contribution in [3.63, 3.8) is 0 Å². The first-order chi connectivity index (χ1) is 7.65. The number of carbonyl (C=O) groups is 1. The van der Waals surface area contributed by atoms with Gasteiger partial charge in [0.05, 0.1) is 9.77 Å². The van der Waals surface area contributed by atoms with E-state index in [0.29, 0.717) is 5.56 Å². The molecule has 0 N–H and O–H groups in total. The van der Waals surface area contributed by atoms with Crippen molar-refractivity contribution < 1.29 is 9.18 Å². The molecule has 0 saturated heterocycles. The van der Waals surface area contributed by atoms with Crippen LogP contribution in [-0.4, -0.2) is 15.6 Å². The molecule has 1 heterocycles. The fraction of sp³-hybridized carbons (Fsp3) is 0.0909. The van der Waals surface area contributed by atoms with Crippen molar-refractivity contribution in [2.24, 2.45) is 0 Å². The highest BCUT2D eigenvalue weighted by molar-refractivity contribution is 14.1. The van der Waals surface area contributed by atoms with Gasteiger partial charge in [-0.25, -0.2) is 4.39 Å². The molecule has 0 aliphatic carbocycles. The molecule has 5 heteroatoms. The van der Waals surface area contributed by atoms with Gasteiger partial charge in [0.2, 0.25) is 0 Å². The first-order valence-electron chi connectivity index (χ1n) is 4.62. The monoisotopic (exact) mass is 330 g/mol. The van der Waals surface area contributed by atoms with Crippen LogP contribution in [0.25, 0.3) is 0 Å². The van der Waals surface area contributed by atoms with E-state index in [9.17, 15) is 9.18 Å². The zero-order valence-corrected chi connectivity index (χ0v) is 10.4. The molecule has 2 aromatic rings. The second-order valence-corrected chi connectivity index (χ2v) is 4.53. The highest BCUT2D eigenvalue weighted by Crippen LogP contribution is 2.06. The quantitative estimate of drug-likeness (QED) is 0.640. The van der Waals surface area contributed by atoms with E-state index in [4.69, 9.17) is 0 Å². The molecule has 1 aromatic carbocycles. The molecule has 0 fully saturated rings. The van der Waals surface area contributed by atoms with Gasteiger partial charge in [0.15, 0.2) is 5.78 Å². The summed E-state index contributed by atoms with van der Waals surface area (Å²) in [6.45, 7) is 0.175. The Labute approximate surface area is 105 Å². The van der Waals surface area contributed by atoms with Gasteiger partial charge in [-0.1, -0.05) is 0 Å². The van der Waals surface area contributed by atoms with E-state index in [1.165, 1.54) is 24.3 Å². The van der Waals surface area contributed by atoms with Crippen LogP contribution >= 0.6 is 22.6 Å². The number of rotatable bonds is 3. The zero-order valence-electron chi connectivity index (χ0n) is 8.23. The minimum absolute atomic E-state index is 0.0838. The molecule has 0 saturated carbocycles. The van der Waals surface area contributed by atoms with Gasteiger partial charge < -0.3 is 0 Å². The Hall–Kier alpha value is -1.24. The van der Waals surface area contributed by atoms with Crippen LogP contribution < -0.4 is 0 Å². The normalized spacial score (nSPS) is 10.4. The van der Waals surface area contributed by atoms with E-state index in [0.717, 1.165) is 3.57 Å². The predicted molar refractivity (Wildman–Crippen MR) is 65.7 cm³/mol. The van der Waals surface area contributed by atoms with Crippen molar-refractivity contribution in [3.8, 4) is 0 Å². The number of halogens is 2. The second-order valence-electron chi connectivity index (χ2n) is 3.29. The Morgan fingerprint density at radius 1 is 1.38 bits per heavy atom. The molecule has 0 bridgehead atoms. The van der Waals surface area contributed by atoms with Crippen LogP contribution in [0.5, 0.6) is 0 Å². The van der Waals surface area contributed by atoms with Crippen LogP contribution in [0.15, 0.2) is 36.7 Å². The number of Topliss-reactive ketones (excluding diaryl/α,β-unsaturated/α-hetero) is 1. The Balaban J connectivity index is 2.11. The van der Waals surface area contributed by atoms with Gasteiger partial charge in [-0.3, -0.25) is 9.48 Å². The van der Waals surface area contributed by atoms with Gasteiger partial charge in [-0.15, -0.1) is 0 Å². The van der Waals surface area contributed by atoms with E-state index >= 15 is 0 Å². The van der Waals surface area contributed by atoms with Crippen molar-refractivity contribution in [1.82, 2.24) is 9.78 Å². The van der Waals surface area contributed by atoms with Crippen molar-refractivity contribution in [3.05, 3.63) is 51.6 Å². The summed E-state index contributed by atoms with van der Waals surface area (Å²) < 4.78 is 15.2. The molecule has 3 nitrogen and oxygen atoms in total. The largest absolute Gasteiger partial charge is 0.292 e. The summed E-state index contributed by atoms with van der Waals surface area (Å²) in [5.74, 6) is -0.426. The van der Waals surface area contributed by atoms with Gasteiger partial charge in [-0.2, -0.15) is 5.10 Å². The third-order valence-electron chi connectivity index (χ3n) is 2.07. The lowest BCUT2D eigenvalue weighted by Crippen LogP contribution is -2.10. The molecule has 2 rings (SSSR count). The lowest BCUT2D eigenvalue weighted by molar-refractivity contribution is 0.0967. The van der Waals surface area contributed by atoms with Gasteiger partial charge in [-0.05, 0) is 46.9 Å². The van der Waals surface area contributed by atoms with Gasteiger partial charge in [0.25, 0.3) is 0 Å². The summed E-state index contributed by atoms with van der Waals surface area (Å²) in [7, 11) is 0. The van der Waals surface area contributed by atoms with Crippen LogP contribution in [0.4, 0.5) is 4.39 Å². The molecule has 0 aliphatic rings. The number of benzene rings is 1. The Kier molecular flexibility index (Phi) is 3.33. The number of aromatic nitrogens is 2. The van der Waals surface area contributed by atoms with Crippen molar-refractivity contribution in [2.75, 3.05) is 0 Å². The van der Waals surface area contributed by atoms with Crippen LogP contribution in [0, 0.1) is 9.39 Å². The summed E-state index contributed by atoms with van der Waals surface area (Å²) in [5.41, 5.74) is 0.493. The number of carbonyl (C=O) groups excluding carboxylic acids is 1. The predicted octanol–water partition coefficient (Wildman–Crippen LogP) is 2.51. The van der Waals surface area contributed by atoms with Crippen molar-refractivity contribution in [2.45, 2.75) is 6.54 Å². The summed E-state index contributed by atoms with van der Waals surface area (Å²) >= 11 is 2.12. The average Bonchev–Trinajstić information content (AvgIpc) is 2.65. The molecule has 1 aromatic heterocycles. The van der Waals surface area contributed by atoms with E-state index < -0.39 is 0 Å². The highest BCUT2D eigenvalue weighted by Gasteiger charge is 2.07. The smallest absolute Gasteiger partial charge is 0.184 e. The zero-order chi connectivity index (χ0) is 11.5. The minimum Gasteiger partial charge on any atom is -0.292 e. The molecular weight excluding hydrogens is 322 g/mol. The summed E-state index contributed by atoms with van der Waals surface area (Å²) in [5, 5.41) is 4.01. The molecule has 0 aliphatic heterocycles. The number of ketones is 1. The lowest BCUT2D eigenvalue weighted by atomic mass is 10.1. The van der Waals surface area contributed by atoms with E-state index in [2.05, 4.69) is 27.7 Å². The van der Waals surface area contributed by atoms with Gasteiger partial charge >= 0.3 is 0 Å². The summed E-state index contributed by atoms with van der Waals surface area (Å²) in [6.07, 6.45) is 3.46. The van der Waals surface area contributed by atoms with Crippen LogP contribution in [0.1, 0.15) is 10.4 Å². The van der Waals surface area contributed by atoms with E-state index in [1.807, 2.05) is 0 Å². The number of hydrogen-bond donors (Lipinski definition) is 0. The minimum atomic E-state index is -0.342. The Bertz CT molecular complexity index is 507. The summed E-state index contributed by atoms with van der Waals surface area (Å²) in [4.78, 5) is 11.7. The molecule has 0 atom stereocenters. The maximum Gasteiger partial charge on any atom is 0.184 e. The van der Waals surface area contributed by atoms with Crippen molar-refractivity contribution >= 4 is 28.4 Å². The molecule has 0 unspecified atom stereocenters. The standard InChI is InChI=1S/C11H8FIN2O/c12-9-3-1-8(2-4-9)11(16)7-15-6-10(13)5-14-15/h1-6H,7H2. The van der Waals surface area contributed by atoms with Crippen LogP contribution in [0.2, 0.25) is 0 Å². The van der Waals surface area contributed by atoms with Gasteiger partial charge in [0, 0.05) is 11.8 Å². The first kappa shape index (κ1) is 11.3. The number of nitrogens with zero attached hydrogens (tertiary/aromatic N) is 2. The molecule has 0 spiro atoms. The molecule has 82 valence electrons. The molecule has 16 heavy (non-hydrogen) atoms. The van der Waals surface area contributed by atoms with Crippen LogP contribution in [-0.2, 0) is 6.54 Å². The topological polar surface area (TPSA) is 34.9 Å². The SMILES string of the molecule is O=C(Cn1cc(I)cn1)c1ccc(F)cc1. The maximum absolute atomic E-state index is 12.7. The first-order valence-corrected chi connectivity index (χ1v) is 5.70. The fourth-order valence-corrected chi connectivity index (χ4v) is 1.75. The van der Waals surface area contributed by atoms with Crippen molar-refractivity contribution in [1.29, 1.82) is 0 Å².